The van der Waals surface area contributed by atoms with Crippen LogP contribution in [0.15, 0.2) is 11.6 Å². The number of likely N-dealkylation sites (tertiary alicyclic amines) is 1. The number of hydrogen-bond acceptors (Lipinski definition) is 3. The molecule has 0 radical (unpaired) electrons. The maximum absolute atomic E-state index is 9.34. The summed E-state index contributed by atoms with van der Waals surface area (Å²) in [7, 11) is 0. The van der Waals surface area contributed by atoms with Gasteiger partial charge in [-0.05, 0) is 45.7 Å². The Hall–Kier alpha value is -0.380. The lowest BCUT2D eigenvalue weighted by Crippen LogP contribution is -2.49. The molecule has 1 unspecified atom stereocenters. The highest BCUT2D eigenvalue weighted by atomic mass is 16.3. The van der Waals surface area contributed by atoms with Crippen molar-refractivity contribution in [1.29, 1.82) is 0 Å². The van der Waals surface area contributed by atoms with Crippen LogP contribution in [0.1, 0.15) is 40.5 Å². The molecule has 0 bridgehead atoms. The number of aliphatic hydroxyl groups is 1. The van der Waals surface area contributed by atoms with Gasteiger partial charge >= 0.3 is 0 Å². The highest BCUT2D eigenvalue weighted by Crippen LogP contribution is 2.13. The van der Waals surface area contributed by atoms with Crippen LogP contribution in [0.25, 0.3) is 0 Å². The van der Waals surface area contributed by atoms with Gasteiger partial charge in [-0.1, -0.05) is 25.5 Å². The zero-order chi connectivity index (χ0) is 13.5. The predicted octanol–water partition coefficient (Wildman–Crippen LogP) is 2.02. The van der Waals surface area contributed by atoms with Gasteiger partial charge in [0.05, 0.1) is 6.61 Å². The van der Waals surface area contributed by atoms with Crippen molar-refractivity contribution in [2.45, 2.75) is 52.6 Å². The third-order valence-corrected chi connectivity index (χ3v) is 3.80. The zero-order valence-corrected chi connectivity index (χ0v) is 12.4. The van der Waals surface area contributed by atoms with Crippen LogP contribution in [0.5, 0.6) is 0 Å². The first kappa shape index (κ1) is 15.7. The molecule has 18 heavy (non-hydrogen) atoms. The lowest BCUT2D eigenvalue weighted by atomic mass is 9.99. The van der Waals surface area contributed by atoms with Gasteiger partial charge in [-0.3, -0.25) is 4.90 Å². The van der Waals surface area contributed by atoms with E-state index in [0.29, 0.717) is 12.0 Å². The first-order chi connectivity index (χ1) is 8.52. The minimum Gasteiger partial charge on any atom is -0.395 e. The lowest BCUT2D eigenvalue weighted by molar-refractivity contribution is 0.162. The number of piperidine rings is 1. The fourth-order valence-corrected chi connectivity index (χ4v) is 2.35. The van der Waals surface area contributed by atoms with Crippen LogP contribution in [0.3, 0.4) is 0 Å². The standard InChI is InChI=1S/C15H30N2O/c1-12(2)5-8-17-9-6-14(7-10-17)16-15(11-18)13(3)4/h5,13-16,18H,6-11H2,1-4H3. The molecule has 1 fully saturated rings. The van der Waals surface area contributed by atoms with Gasteiger partial charge in [0.25, 0.3) is 0 Å². The Labute approximate surface area is 112 Å². The second-order valence-electron chi connectivity index (χ2n) is 6.06. The van der Waals surface area contributed by atoms with E-state index < -0.39 is 0 Å². The number of allylic oxidation sites excluding steroid dienone is 1. The van der Waals surface area contributed by atoms with Gasteiger partial charge in [0, 0.05) is 18.6 Å². The number of hydrogen-bond donors (Lipinski definition) is 2. The number of nitrogens with one attached hydrogen (secondary N) is 1. The molecule has 3 nitrogen and oxygen atoms in total. The molecule has 0 aromatic heterocycles. The molecule has 1 heterocycles. The van der Waals surface area contributed by atoms with Crippen LogP contribution < -0.4 is 5.32 Å². The fraction of sp³-hybridized carbons (Fsp3) is 0.867. The van der Waals surface area contributed by atoms with E-state index in [9.17, 15) is 5.11 Å². The Morgan fingerprint density at radius 2 is 1.94 bits per heavy atom. The summed E-state index contributed by atoms with van der Waals surface area (Å²) in [6.07, 6.45) is 4.69. The van der Waals surface area contributed by atoms with Gasteiger partial charge in [0.15, 0.2) is 0 Å². The van der Waals surface area contributed by atoms with Gasteiger partial charge < -0.3 is 10.4 Å². The molecule has 0 amide bonds. The Morgan fingerprint density at radius 3 is 2.39 bits per heavy atom. The molecule has 0 aliphatic carbocycles. The van der Waals surface area contributed by atoms with E-state index in [1.807, 2.05) is 0 Å². The van der Waals surface area contributed by atoms with Crippen LogP contribution >= 0.6 is 0 Å². The molecule has 1 atom stereocenters. The number of rotatable bonds is 6. The smallest absolute Gasteiger partial charge is 0.0587 e. The topological polar surface area (TPSA) is 35.5 Å². The highest BCUT2D eigenvalue weighted by molar-refractivity contribution is 4.95. The summed E-state index contributed by atoms with van der Waals surface area (Å²) in [5.74, 6) is 0.499. The molecule has 1 saturated heterocycles. The van der Waals surface area contributed by atoms with Crippen LogP contribution in [0.4, 0.5) is 0 Å². The van der Waals surface area contributed by atoms with Crippen molar-refractivity contribution in [2.75, 3.05) is 26.2 Å². The van der Waals surface area contributed by atoms with E-state index in [2.05, 4.69) is 44.0 Å². The second kappa shape index (κ2) is 7.93. The molecule has 106 valence electrons. The number of nitrogens with zero attached hydrogens (tertiary/aromatic N) is 1. The fourth-order valence-electron chi connectivity index (χ4n) is 2.35. The Bertz CT molecular complexity index is 251. The quantitative estimate of drug-likeness (QED) is 0.712. The summed E-state index contributed by atoms with van der Waals surface area (Å²) in [5.41, 5.74) is 1.40. The van der Waals surface area contributed by atoms with Gasteiger partial charge in [-0.15, -0.1) is 0 Å². The number of aliphatic hydroxyl groups excluding tert-OH is 1. The van der Waals surface area contributed by atoms with E-state index in [-0.39, 0.29) is 12.6 Å². The molecule has 0 aromatic carbocycles. The summed E-state index contributed by atoms with van der Waals surface area (Å²) in [5, 5.41) is 12.9. The van der Waals surface area contributed by atoms with Gasteiger partial charge in [0.1, 0.15) is 0 Å². The average molecular weight is 254 g/mol. The molecular formula is C15H30N2O. The van der Waals surface area contributed by atoms with Gasteiger partial charge in [0.2, 0.25) is 0 Å². The maximum atomic E-state index is 9.34. The molecule has 0 spiro atoms. The van der Waals surface area contributed by atoms with Crippen molar-refractivity contribution in [3.63, 3.8) is 0 Å². The Balaban J connectivity index is 2.28. The van der Waals surface area contributed by atoms with Crippen molar-refractivity contribution in [2.24, 2.45) is 5.92 Å². The Kier molecular flexibility index (Phi) is 6.90. The lowest BCUT2D eigenvalue weighted by Gasteiger charge is -2.34. The van der Waals surface area contributed by atoms with E-state index in [1.54, 1.807) is 0 Å². The van der Waals surface area contributed by atoms with E-state index in [1.165, 1.54) is 18.4 Å². The summed E-state index contributed by atoms with van der Waals surface area (Å²) in [4.78, 5) is 2.51. The molecule has 0 saturated carbocycles. The Morgan fingerprint density at radius 1 is 1.33 bits per heavy atom. The molecule has 1 rings (SSSR count). The largest absolute Gasteiger partial charge is 0.395 e. The third-order valence-electron chi connectivity index (χ3n) is 3.80. The van der Waals surface area contributed by atoms with Crippen LogP contribution in [0, 0.1) is 5.92 Å². The van der Waals surface area contributed by atoms with Gasteiger partial charge in [-0.25, -0.2) is 0 Å². The first-order valence-corrected chi connectivity index (χ1v) is 7.25. The first-order valence-electron chi connectivity index (χ1n) is 7.25. The van der Waals surface area contributed by atoms with Crippen LogP contribution in [-0.4, -0.2) is 48.3 Å². The molecule has 2 N–H and O–H groups in total. The van der Waals surface area contributed by atoms with E-state index in [4.69, 9.17) is 0 Å². The highest BCUT2D eigenvalue weighted by Gasteiger charge is 2.22. The van der Waals surface area contributed by atoms with E-state index >= 15 is 0 Å². The van der Waals surface area contributed by atoms with Crippen molar-refractivity contribution < 1.29 is 5.11 Å². The van der Waals surface area contributed by atoms with Gasteiger partial charge in [-0.2, -0.15) is 0 Å². The molecule has 3 heteroatoms. The van der Waals surface area contributed by atoms with Crippen molar-refractivity contribution in [3.8, 4) is 0 Å². The SMILES string of the molecule is CC(C)=CCN1CCC(NC(CO)C(C)C)CC1. The summed E-state index contributed by atoms with van der Waals surface area (Å²) in [6, 6.07) is 0.826. The molecular weight excluding hydrogens is 224 g/mol. The average Bonchev–Trinajstić information content (AvgIpc) is 2.34. The molecule has 1 aliphatic rings. The molecule has 1 aliphatic heterocycles. The van der Waals surface area contributed by atoms with Crippen LogP contribution in [0.2, 0.25) is 0 Å². The third kappa shape index (κ3) is 5.51. The normalized spacial score (nSPS) is 20.1. The minimum absolute atomic E-state index is 0.246. The predicted molar refractivity (Wildman–Crippen MR) is 77.7 cm³/mol. The summed E-state index contributed by atoms with van der Waals surface area (Å²) in [6.45, 7) is 12.3. The minimum atomic E-state index is 0.246. The summed E-state index contributed by atoms with van der Waals surface area (Å²) < 4.78 is 0. The molecule has 0 aromatic rings. The van der Waals surface area contributed by atoms with Crippen molar-refractivity contribution in [1.82, 2.24) is 10.2 Å². The van der Waals surface area contributed by atoms with E-state index in [0.717, 1.165) is 19.6 Å². The van der Waals surface area contributed by atoms with Crippen molar-refractivity contribution >= 4 is 0 Å². The van der Waals surface area contributed by atoms with Crippen LogP contribution in [-0.2, 0) is 0 Å². The maximum Gasteiger partial charge on any atom is 0.0587 e. The second-order valence-corrected chi connectivity index (χ2v) is 6.06. The monoisotopic (exact) mass is 254 g/mol. The summed E-state index contributed by atoms with van der Waals surface area (Å²) >= 11 is 0. The zero-order valence-electron chi connectivity index (χ0n) is 12.4. The van der Waals surface area contributed by atoms with Crippen molar-refractivity contribution in [3.05, 3.63) is 11.6 Å².